The van der Waals surface area contributed by atoms with Crippen LogP contribution in [0.2, 0.25) is 0 Å². The van der Waals surface area contributed by atoms with Gasteiger partial charge in [0.05, 0.1) is 12.0 Å². The summed E-state index contributed by atoms with van der Waals surface area (Å²) >= 11 is 1.22. The van der Waals surface area contributed by atoms with E-state index in [0.717, 1.165) is 4.88 Å². The molecule has 0 saturated carbocycles. The zero-order valence-corrected chi connectivity index (χ0v) is 8.85. The van der Waals surface area contributed by atoms with Gasteiger partial charge in [-0.05, 0) is 13.0 Å². The Labute approximate surface area is 90.9 Å². The SMILES string of the molecule is C#CCC(=O)Nc1sc(C)cc1C(=O)O. The maximum Gasteiger partial charge on any atom is 0.338 e. The van der Waals surface area contributed by atoms with E-state index in [9.17, 15) is 9.59 Å². The lowest BCUT2D eigenvalue weighted by atomic mass is 10.3. The van der Waals surface area contributed by atoms with Gasteiger partial charge in [-0.2, -0.15) is 0 Å². The van der Waals surface area contributed by atoms with Crippen LogP contribution in [0.25, 0.3) is 0 Å². The van der Waals surface area contributed by atoms with Crippen molar-refractivity contribution in [3.05, 3.63) is 16.5 Å². The molecule has 1 aromatic rings. The van der Waals surface area contributed by atoms with Gasteiger partial charge in [-0.25, -0.2) is 4.79 Å². The van der Waals surface area contributed by atoms with E-state index in [1.807, 2.05) is 0 Å². The quantitative estimate of drug-likeness (QED) is 0.767. The average molecular weight is 223 g/mol. The molecule has 1 heterocycles. The zero-order valence-electron chi connectivity index (χ0n) is 8.03. The number of thiophene rings is 1. The van der Waals surface area contributed by atoms with Gasteiger partial charge in [-0.1, -0.05) is 5.92 Å². The molecule has 0 aromatic carbocycles. The molecule has 0 aliphatic rings. The van der Waals surface area contributed by atoms with Crippen LogP contribution in [-0.2, 0) is 4.79 Å². The number of terminal acetylenes is 1. The van der Waals surface area contributed by atoms with Crippen LogP contribution in [0, 0.1) is 19.3 Å². The number of nitrogens with one attached hydrogen (secondary N) is 1. The fourth-order valence-corrected chi connectivity index (χ4v) is 1.95. The van der Waals surface area contributed by atoms with Crippen LogP contribution in [0.5, 0.6) is 0 Å². The van der Waals surface area contributed by atoms with Crippen LogP contribution >= 0.6 is 11.3 Å². The largest absolute Gasteiger partial charge is 0.478 e. The van der Waals surface area contributed by atoms with E-state index >= 15 is 0 Å². The smallest absolute Gasteiger partial charge is 0.338 e. The molecule has 78 valence electrons. The molecule has 0 fully saturated rings. The predicted molar refractivity (Wildman–Crippen MR) is 58.1 cm³/mol. The maximum absolute atomic E-state index is 11.2. The first-order valence-electron chi connectivity index (χ1n) is 4.11. The second kappa shape index (κ2) is 4.62. The highest BCUT2D eigenvalue weighted by molar-refractivity contribution is 7.16. The third kappa shape index (κ3) is 2.82. The zero-order chi connectivity index (χ0) is 11.4. The van der Waals surface area contributed by atoms with E-state index in [1.165, 1.54) is 17.4 Å². The Morgan fingerprint density at radius 1 is 1.67 bits per heavy atom. The van der Waals surface area contributed by atoms with Gasteiger partial charge in [-0.15, -0.1) is 17.8 Å². The normalized spacial score (nSPS) is 9.33. The molecule has 0 aliphatic carbocycles. The molecule has 0 saturated heterocycles. The van der Waals surface area contributed by atoms with Crippen LogP contribution in [0.15, 0.2) is 6.07 Å². The van der Waals surface area contributed by atoms with E-state index in [0.29, 0.717) is 5.00 Å². The Hall–Kier alpha value is -1.80. The van der Waals surface area contributed by atoms with E-state index < -0.39 is 5.97 Å². The maximum atomic E-state index is 11.2. The minimum absolute atomic E-state index is 0.0595. The fraction of sp³-hybridized carbons (Fsp3) is 0.200. The summed E-state index contributed by atoms with van der Waals surface area (Å²) in [4.78, 5) is 22.8. The summed E-state index contributed by atoms with van der Waals surface area (Å²) in [6, 6.07) is 1.51. The van der Waals surface area contributed by atoms with Crippen molar-refractivity contribution in [1.29, 1.82) is 0 Å². The summed E-state index contributed by atoms with van der Waals surface area (Å²) in [5.74, 6) is 0.755. The number of hydrogen-bond donors (Lipinski definition) is 2. The third-order valence-corrected chi connectivity index (χ3v) is 2.57. The summed E-state index contributed by atoms with van der Waals surface area (Å²) in [5.41, 5.74) is 0.0999. The Kier molecular flexibility index (Phi) is 3.47. The summed E-state index contributed by atoms with van der Waals surface area (Å²) in [5, 5.41) is 11.6. The van der Waals surface area contributed by atoms with Gasteiger partial charge < -0.3 is 10.4 Å². The van der Waals surface area contributed by atoms with Gasteiger partial charge in [0.1, 0.15) is 5.00 Å². The molecular weight excluding hydrogens is 214 g/mol. The highest BCUT2D eigenvalue weighted by Gasteiger charge is 2.15. The van der Waals surface area contributed by atoms with Gasteiger partial charge in [0.25, 0.3) is 0 Å². The highest BCUT2D eigenvalue weighted by atomic mass is 32.1. The van der Waals surface area contributed by atoms with E-state index in [-0.39, 0.29) is 17.9 Å². The predicted octanol–water partition coefficient (Wildman–Crippen LogP) is 1.72. The van der Waals surface area contributed by atoms with Gasteiger partial charge in [0.2, 0.25) is 5.91 Å². The number of rotatable bonds is 3. The number of carboxylic acid groups (broad SMARTS) is 1. The van der Waals surface area contributed by atoms with Crippen molar-refractivity contribution < 1.29 is 14.7 Å². The van der Waals surface area contributed by atoms with Crippen molar-refractivity contribution in [2.45, 2.75) is 13.3 Å². The molecule has 0 unspecified atom stereocenters. The molecule has 1 aromatic heterocycles. The molecule has 1 amide bonds. The molecule has 2 N–H and O–H groups in total. The molecule has 15 heavy (non-hydrogen) atoms. The lowest BCUT2D eigenvalue weighted by Crippen LogP contribution is -2.11. The number of carbonyl (C=O) groups excluding carboxylic acids is 1. The lowest BCUT2D eigenvalue weighted by Gasteiger charge is -2.00. The van der Waals surface area contributed by atoms with Gasteiger partial charge >= 0.3 is 5.97 Å². The Morgan fingerprint density at radius 3 is 2.87 bits per heavy atom. The summed E-state index contributed by atoms with van der Waals surface area (Å²) in [7, 11) is 0. The second-order valence-corrected chi connectivity index (χ2v) is 4.09. The highest BCUT2D eigenvalue weighted by Crippen LogP contribution is 2.27. The molecule has 0 radical (unpaired) electrons. The van der Waals surface area contributed by atoms with Gasteiger partial charge in [0, 0.05) is 4.88 Å². The molecular formula is C10H9NO3S. The first-order chi connectivity index (χ1) is 7.04. The van der Waals surface area contributed by atoms with Crippen molar-refractivity contribution in [2.75, 3.05) is 5.32 Å². The molecule has 1 rings (SSSR count). The Bertz CT molecular complexity index is 442. The van der Waals surface area contributed by atoms with E-state index in [1.54, 1.807) is 6.92 Å². The number of aryl methyl sites for hydroxylation is 1. The molecule has 4 nitrogen and oxygen atoms in total. The van der Waals surface area contributed by atoms with E-state index in [4.69, 9.17) is 11.5 Å². The van der Waals surface area contributed by atoms with Crippen LogP contribution in [0.4, 0.5) is 5.00 Å². The van der Waals surface area contributed by atoms with Gasteiger partial charge in [-0.3, -0.25) is 4.79 Å². The molecule has 0 atom stereocenters. The Morgan fingerprint density at radius 2 is 2.33 bits per heavy atom. The number of hydrogen-bond acceptors (Lipinski definition) is 3. The van der Waals surface area contributed by atoms with Crippen molar-refractivity contribution in [3.63, 3.8) is 0 Å². The second-order valence-electron chi connectivity index (χ2n) is 2.83. The van der Waals surface area contributed by atoms with E-state index in [2.05, 4.69) is 11.2 Å². The van der Waals surface area contributed by atoms with Crippen molar-refractivity contribution in [1.82, 2.24) is 0 Å². The van der Waals surface area contributed by atoms with Gasteiger partial charge in [0.15, 0.2) is 0 Å². The topological polar surface area (TPSA) is 66.4 Å². The monoisotopic (exact) mass is 223 g/mol. The first kappa shape index (κ1) is 11.3. The minimum atomic E-state index is -1.06. The van der Waals surface area contributed by atoms with Crippen LogP contribution in [0.3, 0.4) is 0 Å². The first-order valence-corrected chi connectivity index (χ1v) is 4.93. The summed E-state index contributed by atoms with van der Waals surface area (Å²) < 4.78 is 0. The molecule has 0 bridgehead atoms. The number of amides is 1. The molecule has 0 spiro atoms. The van der Waals surface area contributed by atoms with Crippen molar-refractivity contribution in [2.24, 2.45) is 0 Å². The van der Waals surface area contributed by atoms with Crippen LogP contribution in [-0.4, -0.2) is 17.0 Å². The Balaban J connectivity index is 2.90. The van der Waals surface area contributed by atoms with Crippen LogP contribution < -0.4 is 5.32 Å². The molecule has 0 aliphatic heterocycles. The lowest BCUT2D eigenvalue weighted by molar-refractivity contribution is -0.115. The van der Waals surface area contributed by atoms with Crippen LogP contribution in [0.1, 0.15) is 21.7 Å². The van der Waals surface area contributed by atoms with Crippen molar-refractivity contribution in [3.8, 4) is 12.3 Å². The summed E-state index contributed by atoms with van der Waals surface area (Å²) in [6.45, 7) is 1.77. The van der Waals surface area contributed by atoms with Crippen molar-refractivity contribution >= 4 is 28.2 Å². The standard InChI is InChI=1S/C10H9NO3S/c1-3-4-8(12)11-9-7(10(13)14)5-6(2)15-9/h1,5H,4H2,2H3,(H,11,12)(H,13,14). The number of aromatic carboxylic acids is 1. The number of carbonyl (C=O) groups is 2. The number of carboxylic acids is 1. The fourth-order valence-electron chi connectivity index (χ4n) is 1.03. The third-order valence-electron chi connectivity index (χ3n) is 1.60. The average Bonchev–Trinajstić information content (AvgIpc) is 2.47. The minimum Gasteiger partial charge on any atom is -0.478 e. The summed E-state index contributed by atoms with van der Waals surface area (Å²) in [6.07, 6.45) is 4.90. The molecule has 5 heteroatoms. The number of anilines is 1.